The highest BCUT2D eigenvalue weighted by Crippen LogP contribution is 2.17. The van der Waals surface area contributed by atoms with Crippen molar-refractivity contribution in [3.63, 3.8) is 0 Å². The lowest BCUT2D eigenvalue weighted by Gasteiger charge is -2.09. The van der Waals surface area contributed by atoms with Crippen LogP contribution in [0.4, 0.5) is 0 Å². The molecule has 3 aromatic rings. The topological polar surface area (TPSA) is 101 Å². The molecule has 2 aromatic heterocycles. The second-order valence-electron chi connectivity index (χ2n) is 6.31. The summed E-state index contributed by atoms with van der Waals surface area (Å²) in [5, 5.41) is 10.4. The number of oxazole rings is 1. The normalized spacial score (nSPS) is 11.4. The number of hydrogen-bond donors (Lipinski definition) is 2. The molecule has 0 amide bonds. The van der Waals surface area contributed by atoms with Gasteiger partial charge in [-0.3, -0.25) is 4.99 Å². The van der Waals surface area contributed by atoms with Gasteiger partial charge in [0, 0.05) is 31.5 Å². The zero-order valence-corrected chi connectivity index (χ0v) is 18.5. The van der Waals surface area contributed by atoms with E-state index >= 15 is 0 Å². The number of nitrogens with zero attached hydrogens (tertiary/aromatic N) is 4. The van der Waals surface area contributed by atoms with Gasteiger partial charge in [0.15, 0.2) is 11.8 Å². The fraction of sp³-hybridized carbons (Fsp3) is 0.368. The average molecular weight is 496 g/mol. The van der Waals surface area contributed by atoms with Crippen molar-refractivity contribution in [1.82, 2.24) is 25.8 Å². The van der Waals surface area contributed by atoms with Gasteiger partial charge < -0.3 is 19.6 Å². The minimum Gasteiger partial charge on any atom is -0.444 e. The summed E-state index contributed by atoms with van der Waals surface area (Å²) in [6.07, 6.45) is 2.27. The van der Waals surface area contributed by atoms with Crippen LogP contribution in [0.3, 0.4) is 0 Å². The highest BCUT2D eigenvalue weighted by Gasteiger charge is 2.10. The Morgan fingerprint density at radius 2 is 1.93 bits per heavy atom. The van der Waals surface area contributed by atoms with Crippen LogP contribution in [0.1, 0.15) is 37.2 Å². The van der Waals surface area contributed by atoms with Crippen molar-refractivity contribution < 1.29 is 8.94 Å². The van der Waals surface area contributed by atoms with Gasteiger partial charge >= 0.3 is 0 Å². The summed E-state index contributed by atoms with van der Waals surface area (Å²) in [6.45, 7) is 5.21. The second kappa shape index (κ2) is 10.8. The molecule has 0 aliphatic heterocycles. The highest BCUT2D eigenvalue weighted by molar-refractivity contribution is 14.0. The second-order valence-corrected chi connectivity index (χ2v) is 6.31. The number of guanidine groups is 1. The maximum atomic E-state index is 5.54. The van der Waals surface area contributed by atoms with E-state index < -0.39 is 0 Å². The summed E-state index contributed by atoms with van der Waals surface area (Å²) >= 11 is 0. The lowest BCUT2D eigenvalue weighted by Crippen LogP contribution is -2.37. The highest BCUT2D eigenvalue weighted by atomic mass is 127. The van der Waals surface area contributed by atoms with E-state index in [4.69, 9.17) is 8.94 Å². The molecule has 0 unspecified atom stereocenters. The third kappa shape index (κ3) is 6.04. The molecule has 0 spiro atoms. The number of nitrogens with one attached hydrogen (secondary N) is 2. The zero-order chi connectivity index (χ0) is 19.1. The molecule has 2 heterocycles. The Morgan fingerprint density at radius 1 is 1.14 bits per heavy atom. The standard InChI is InChI=1S/C19H24N6O2.HI/c1-13(2)17-24-16(27-25-17)9-10-21-19(20-3)22-11-15-12-26-18(23-15)14-7-5-4-6-8-14;/h4-8,12-13H,9-11H2,1-3H3,(H2,20,21,22);1H. The molecule has 28 heavy (non-hydrogen) atoms. The molecule has 3 rings (SSSR count). The molecule has 2 N–H and O–H groups in total. The van der Waals surface area contributed by atoms with Gasteiger partial charge in [-0.1, -0.05) is 37.2 Å². The molecule has 0 fully saturated rings. The van der Waals surface area contributed by atoms with Crippen molar-refractivity contribution >= 4 is 29.9 Å². The van der Waals surface area contributed by atoms with E-state index in [0.717, 1.165) is 17.1 Å². The van der Waals surface area contributed by atoms with Crippen LogP contribution in [0.15, 0.2) is 50.5 Å². The molecule has 0 saturated heterocycles. The molecule has 0 saturated carbocycles. The van der Waals surface area contributed by atoms with Crippen molar-refractivity contribution in [2.75, 3.05) is 13.6 Å². The van der Waals surface area contributed by atoms with Crippen LogP contribution >= 0.6 is 24.0 Å². The third-order valence-electron chi connectivity index (χ3n) is 3.86. The third-order valence-corrected chi connectivity index (χ3v) is 3.86. The Morgan fingerprint density at radius 3 is 2.61 bits per heavy atom. The number of rotatable bonds is 7. The van der Waals surface area contributed by atoms with Gasteiger partial charge in [-0.2, -0.15) is 4.98 Å². The number of aromatic nitrogens is 3. The van der Waals surface area contributed by atoms with Gasteiger partial charge in [-0.05, 0) is 12.1 Å². The van der Waals surface area contributed by atoms with E-state index in [-0.39, 0.29) is 29.9 Å². The van der Waals surface area contributed by atoms with Crippen molar-refractivity contribution in [2.24, 2.45) is 4.99 Å². The van der Waals surface area contributed by atoms with Gasteiger partial charge in [-0.15, -0.1) is 24.0 Å². The summed E-state index contributed by atoms with van der Waals surface area (Å²) in [5.41, 5.74) is 1.75. The molecule has 8 nitrogen and oxygen atoms in total. The fourth-order valence-corrected chi connectivity index (χ4v) is 2.39. The quantitative estimate of drug-likeness (QED) is 0.294. The number of aliphatic imine (C=N–C) groups is 1. The van der Waals surface area contributed by atoms with E-state index in [9.17, 15) is 0 Å². The van der Waals surface area contributed by atoms with E-state index in [1.807, 2.05) is 44.2 Å². The van der Waals surface area contributed by atoms with Crippen LogP contribution in [0, 0.1) is 0 Å². The van der Waals surface area contributed by atoms with Crippen molar-refractivity contribution in [2.45, 2.75) is 32.7 Å². The maximum absolute atomic E-state index is 5.54. The Bertz CT molecular complexity index is 875. The van der Waals surface area contributed by atoms with Gasteiger partial charge in [0.05, 0.1) is 12.2 Å². The van der Waals surface area contributed by atoms with Crippen LogP contribution in [-0.2, 0) is 13.0 Å². The first-order valence-corrected chi connectivity index (χ1v) is 8.92. The van der Waals surface area contributed by atoms with Gasteiger partial charge in [-0.25, -0.2) is 4.98 Å². The molecular formula is C19H25IN6O2. The van der Waals surface area contributed by atoms with Crippen LogP contribution in [-0.4, -0.2) is 34.7 Å². The smallest absolute Gasteiger partial charge is 0.228 e. The molecule has 9 heteroatoms. The summed E-state index contributed by atoms with van der Waals surface area (Å²) in [4.78, 5) is 13.0. The van der Waals surface area contributed by atoms with Gasteiger partial charge in [0.1, 0.15) is 6.26 Å². The first-order valence-electron chi connectivity index (χ1n) is 8.92. The molecule has 1 aromatic carbocycles. The molecule has 0 radical (unpaired) electrons. The van der Waals surface area contributed by atoms with Crippen molar-refractivity contribution in [3.05, 3.63) is 54.0 Å². The van der Waals surface area contributed by atoms with E-state index in [2.05, 4.69) is 30.8 Å². The molecule has 0 bridgehead atoms. The number of hydrogen-bond acceptors (Lipinski definition) is 6. The molecular weight excluding hydrogens is 471 g/mol. The average Bonchev–Trinajstić information content (AvgIpc) is 3.35. The molecule has 0 aliphatic rings. The van der Waals surface area contributed by atoms with Crippen LogP contribution in [0.5, 0.6) is 0 Å². The molecule has 150 valence electrons. The summed E-state index contributed by atoms with van der Waals surface area (Å²) < 4.78 is 10.8. The number of halogens is 1. The molecule has 0 atom stereocenters. The summed E-state index contributed by atoms with van der Waals surface area (Å²) in [6, 6.07) is 9.80. The first kappa shape index (κ1) is 21.9. The van der Waals surface area contributed by atoms with Gasteiger partial charge in [0.2, 0.25) is 11.8 Å². The Balaban J connectivity index is 0.00000280. The minimum absolute atomic E-state index is 0. The lowest BCUT2D eigenvalue weighted by molar-refractivity contribution is 0.371. The van der Waals surface area contributed by atoms with Gasteiger partial charge in [0.25, 0.3) is 0 Å². The SMILES string of the molecule is CN=C(NCCc1nc(C(C)C)no1)NCc1coc(-c2ccccc2)n1.I. The molecule has 0 aliphatic carbocycles. The van der Waals surface area contributed by atoms with E-state index in [1.54, 1.807) is 13.3 Å². The predicted molar refractivity (Wildman–Crippen MR) is 118 cm³/mol. The predicted octanol–water partition coefficient (Wildman–Crippen LogP) is 3.37. The Kier molecular flexibility index (Phi) is 8.42. The number of benzene rings is 1. The largest absolute Gasteiger partial charge is 0.444 e. The van der Waals surface area contributed by atoms with Crippen molar-refractivity contribution in [1.29, 1.82) is 0 Å². The van der Waals surface area contributed by atoms with Crippen molar-refractivity contribution in [3.8, 4) is 11.5 Å². The maximum Gasteiger partial charge on any atom is 0.228 e. The first-order chi connectivity index (χ1) is 13.2. The monoisotopic (exact) mass is 496 g/mol. The van der Waals surface area contributed by atoms with Crippen LogP contribution in [0.25, 0.3) is 11.5 Å². The van der Waals surface area contributed by atoms with Crippen LogP contribution < -0.4 is 10.6 Å². The Hall–Kier alpha value is -2.43. The van der Waals surface area contributed by atoms with Crippen LogP contribution in [0.2, 0.25) is 0 Å². The lowest BCUT2D eigenvalue weighted by atomic mass is 10.2. The summed E-state index contributed by atoms with van der Waals surface area (Å²) in [5.74, 6) is 2.88. The van der Waals surface area contributed by atoms with E-state index in [0.29, 0.717) is 37.3 Å². The fourth-order valence-electron chi connectivity index (χ4n) is 2.39. The summed E-state index contributed by atoms with van der Waals surface area (Å²) in [7, 11) is 1.72. The zero-order valence-electron chi connectivity index (χ0n) is 16.2. The Labute approximate surface area is 181 Å². The van der Waals surface area contributed by atoms with E-state index in [1.165, 1.54) is 0 Å². The minimum atomic E-state index is 0.